The molecule has 2 N–H and O–H groups in total. The third-order valence-corrected chi connectivity index (χ3v) is 4.14. The highest BCUT2D eigenvalue weighted by molar-refractivity contribution is 6.31. The van der Waals surface area contributed by atoms with Crippen LogP contribution in [0.2, 0.25) is 0 Å². The summed E-state index contributed by atoms with van der Waals surface area (Å²) >= 11 is 0. The van der Waals surface area contributed by atoms with Gasteiger partial charge in [0, 0.05) is 38.2 Å². The minimum absolute atomic E-state index is 0.338. The van der Waals surface area contributed by atoms with Crippen LogP contribution in [0.5, 0.6) is 0 Å². The van der Waals surface area contributed by atoms with Gasteiger partial charge in [0.05, 0.1) is 23.6 Å². The fraction of sp³-hybridized carbons (Fsp3) is 0.211. The monoisotopic (exact) mass is 359 g/mol. The Hall–Kier alpha value is -2.93. The van der Waals surface area contributed by atoms with Crippen LogP contribution >= 0.6 is 0 Å². The van der Waals surface area contributed by atoms with Crippen molar-refractivity contribution in [3.63, 3.8) is 0 Å². The Morgan fingerprint density at radius 3 is 2.77 bits per heavy atom. The van der Waals surface area contributed by atoms with Crippen molar-refractivity contribution < 1.29 is 18.3 Å². The van der Waals surface area contributed by atoms with Crippen molar-refractivity contribution in [3.8, 4) is 0 Å². The summed E-state index contributed by atoms with van der Waals surface area (Å²) in [5.41, 5.74) is 2.34. The Bertz CT molecular complexity index is 868. The van der Waals surface area contributed by atoms with Crippen LogP contribution in [0.4, 0.5) is 25.8 Å². The first kappa shape index (κ1) is 17.9. The average Bonchev–Trinajstić information content (AvgIpc) is 2.92. The number of ether oxygens (including phenoxy) is 1. The van der Waals surface area contributed by atoms with E-state index in [0.717, 1.165) is 0 Å². The quantitative estimate of drug-likeness (QED) is 0.776. The van der Waals surface area contributed by atoms with Crippen LogP contribution in [0, 0.1) is 11.6 Å². The van der Waals surface area contributed by atoms with E-state index in [1.54, 1.807) is 31.2 Å². The number of hydrogen-bond acceptors (Lipinski definition) is 4. The summed E-state index contributed by atoms with van der Waals surface area (Å²) in [7, 11) is 3.38. The predicted molar refractivity (Wildman–Crippen MR) is 98.2 cm³/mol. The second-order valence-electron chi connectivity index (χ2n) is 5.93. The molecule has 0 radical (unpaired) electrons. The molecule has 1 aliphatic heterocycles. The van der Waals surface area contributed by atoms with Crippen molar-refractivity contribution in [3.05, 3.63) is 59.8 Å². The SMILES string of the molecule is COCCN(C)c1ccc(N/C=C2/C(=O)Nc3cc(F)ccc32)cc1F. The molecular weight excluding hydrogens is 340 g/mol. The summed E-state index contributed by atoms with van der Waals surface area (Å²) in [6.07, 6.45) is 1.49. The van der Waals surface area contributed by atoms with Gasteiger partial charge in [-0.15, -0.1) is 0 Å². The van der Waals surface area contributed by atoms with Crippen LogP contribution in [-0.4, -0.2) is 33.2 Å². The smallest absolute Gasteiger partial charge is 0.257 e. The van der Waals surface area contributed by atoms with Crippen molar-refractivity contribution in [2.45, 2.75) is 0 Å². The minimum atomic E-state index is -0.423. The lowest BCUT2D eigenvalue weighted by Gasteiger charge is -2.19. The lowest BCUT2D eigenvalue weighted by molar-refractivity contribution is -0.110. The molecule has 5 nitrogen and oxygen atoms in total. The number of methoxy groups -OCH3 is 1. The number of halogens is 2. The number of hydrogen-bond donors (Lipinski definition) is 2. The maximum Gasteiger partial charge on any atom is 0.257 e. The molecule has 0 saturated carbocycles. The zero-order chi connectivity index (χ0) is 18.7. The normalized spacial score (nSPS) is 14.3. The molecule has 0 spiro atoms. The zero-order valence-electron chi connectivity index (χ0n) is 14.5. The van der Waals surface area contributed by atoms with Crippen molar-refractivity contribution in [1.29, 1.82) is 0 Å². The van der Waals surface area contributed by atoms with Gasteiger partial charge in [0.1, 0.15) is 11.6 Å². The van der Waals surface area contributed by atoms with E-state index in [1.807, 2.05) is 0 Å². The van der Waals surface area contributed by atoms with Gasteiger partial charge in [0.15, 0.2) is 0 Å². The Morgan fingerprint density at radius 1 is 1.23 bits per heavy atom. The second kappa shape index (κ2) is 7.53. The van der Waals surface area contributed by atoms with Crippen LogP contribution in [-0.2, 0) is 9.53 Å². The molecule has 1 heterocycles. The number of likely N-dealkylation sites (N-methyl/N-ethyl adjacent to an activating group) is 1. The van der Waals surface area contributed by atoms with Gasteiger partial charge in [0.25, 0.3) is 5.91 Å². The van der Waals surface area contributed by atoms with Crippen LogP contribution in [0.25, 0.3) is 5.57 Å². The van der Waals surface area contributed by atoms with Gasteiger partial charge in [-0.2, -0.15) is 0 Å². The highest BCUT2D eigenvalue weighted by Gasteiger charge is 2.24. The van der Waals surface area contributed by atoms with Crippen LogP contribution in [0.1, 0.15) is 5.56 Å². The lowest BCUT2D eigenvalue weighted by atomic mass is 10.1. The Balaban J connectivity index is 1.77. The van der Waals surface area contributed by atoms with Gasteiger partial charge in [-0.1, -0.05) is 0 Å². The summed E-state index contributed by atoms with van der Waals surface area (Å²) in [6.45, 7) is 1.06. The first-order chi connectivity index (χ1) is 12.5. The zero-order valence-corrected chi connectivity index (χ0v) is 14.5. The highest BCUT2D eigenvalue weighted by Crippen LogP contribution is 2.32. The predicted octanol–water partition coefficient (Wildman–Crippen LogP) is 3.45. The number of fused-ring (bicyclic) bond motifs is 1. The number of rotatable bonds is 6. The van der Waals surface area contributed by atoms with Gasteiger partial charge in [-0.05, 0) is 36.4 Å². The average molecular weight is 359 g/mol. The molecule has 0 unspecified atom stereocenters. The molecule has 7 heteroatoms. The third-order valence-electron chi connectivity index (χ3n) is 4.14. The Labute approximate surface area is 150 Å². The van der Waals surface area contributed by atoms with E-state index in [9.17, 15) is 13.6 Å². The van der Waals surface area contributed by atoms with Crippen molar-refractivity contribution in [2.24, 2.45) is 0 Å². The van der Waals surface area contributed by atoms with Gasteiger partial charge in [-0.25, -0.2) is 8.78 Å². The molecule has 0 fully saturated rings. The van der Waals surface area contributed by atoms with Crippen LogP contribution < -0.4 is 15.5 Å². The van der Waals surface area contributed by atoms with Crippen molar-refractivity contribution in [2.75, 3.05) is 42.8 Å². The van der Waals surface area contributed by atoms with Gasteiger partial charge in [-0.3, -0.25) is 4.79 Å². The molecule has 26 heavy (non-hydrogen) atoms. The first-order valence-corrected chi connectivity index (χ1v) is 8.07. The number of anilines is 3. The molecule has 0 bridgehead atoms. The molecule has 1 amide bonds. The standard InChI is InChI=1S/C19H19F2N3O2/c1-24(7-8-26-2)18-6-4-13(10-16(18)21)22-11-15-14-5-3-12(20)9-17(14)23-19(15)25/h3-6,9-11,22H,7-8H2,1-2H3,(H,23,25)/b15-11+. The molecule has 136 valence electrons. The number of carbonyl (C=O) groups excluding carboxylic acids is 1. The summed E-state index contributed by atoms with van der Waals surface area (Å²) in [4.78, 5) is 13.8. The van der Waals surface area contributed by atoms with E-state index in [2.05, 4.69) is 10.6 Å². The second-order valence-corrected chi connectivity index (χ2v) is 5.93. The van der Waals surface area contributed by atoms with E-state index in [4.69, 9.17) is 4.74 Å². The molecular formula is C19H19F2N3O2. The molecule has 0 atom stereocenters. The maximum atomic E-state index is 14.3. The fourth-order valence-corrected chi connectivity index (χ4v) is 2.72. The van der Waals surface area contributed by atoms with E-state index in [0.29, 0.717) is 41.4 Å². The fourth-order valence-electron chi connectivity index (χ4n) is 2.72. The van der Waals surface area contributed by atoms with Gasteiger partial charge >= 0.3 is 0 Å². The van der Waals surface area contributed by atoms with Crippen LogP contribution in [0.15, 0.2) is 42.6 Å². The summed E-state index contributed by atoms with van der Waals surface area (Å²) in [5.74, 6) is -1.15. The number of amides is 1. The van der Waals surface area contributed by atoms with Gasteiger partial charge in [0.2, 0.25) is 0 Å². The molecule has 0 saturated heterocycles. The van der Waals surface area contributed by atoms with Gasteiger partial charge < -0.3 is 20.3 Å². The number of carbonyl (C=O) groups is 1. The van der Waals surface area contributed by atoms with E-state index < -0.39 is 5.82 Å². The molecule has 0 aromatic heterocycles. The third kappa shape index (κ3) is 3.67. The first-order valence-electron chi connectivity index (χ1n) is 8.07. The Kier molecular flexibility index (Phi) is 5.18. The molecule has 0 aliphatic carbocycles. The summed E-state index contributed by atoms with van der Waals surface area (Å²) in [6, 6.07) is 8.81. The molecule has 3 rings (SSSR count). The van der Waals surface area contributed by atoms with Crippen molar-refractivity contribution in [1.82, 2.24) is 0 Å². The van der Waals surface area contributed by atoms with E-state index in [1.165, 1.54) is 30.5 Å². The largest absolute Gasteiger partial charge is 0.383 e. The highest BCUT2D eigenvalue weighted by atomic mass is 19.1. The number of nitrogens with zero attached hydrogens (tertiary/aromatic N) is 1. The Morgan fingerprint density at radius 2 is 2.04 bits per heavy atom. The van der Waals surface area contributed by atoms with Crippen LogP contribution in [0.3, 0.4) is 0 Å². The topological polar surface area (TPSA) is 53.6 Å². The summed E-state index contributed by atoms with van der Waals surface area (Å²) in [5, 5.41) is 5.52. The molecule has 1 aliphatic rings. The van der Waals surface area contributed by atoms with Crippen molar-refractivity contribution >= 4 is 28.5 Å². The number of nitrogens with one attached hydrogen (secondary N) is 2. The number of benzene rings is 2. The van der Waals surface area contributed by atoms with E-state index in [-0.39, 0.29) is 11.7 Å². The maximum absolute atomic E-state index is 14.3. The minimum Gasteiger partial charge on any atom is -0.383 e. The molecule has 2 aromatic rings. The van der Waals surface area contributed by atoms with E-state index >= 15 is 0 Å². The summed E-state index contributed by atoms with van der Waals surface area (Å²) < 4.78 is 32.6. The molecule has 2 aromatic carbocycles. The lowest BCUT2D eigenvalue weighted by Crippen LogP contribution is -2.23.